The zero-order valence-corrected chi connectivity index (χ0v) is 12.5. The smallest absolute Gasteiger partial charge is 0.314 e. The molecule has 0 aliphatic carbocycles. The van der Waals surface area contributed by atoms with E-state index in [4.69, 9.17) is 10.2 Å². The van der Waals surface area contributed by atoms with Crippen molar-refractivity contribution < 1.29 is 19.8 Å². The Labute approximate surface area is 115 Å². The fraction of sp³-hybridized carbons (Fsp3) is 0.818. The van der Waals surface area contributed by atoms with Gasteiger partial charge in [0.25, 0.3) is 0 Å². The summed E-state index contributed by atoms with van der Waals surface area (Å²) in [5, 5.41) is 15.4. The number of unbranched alkanes of at least 4 members (excludes halogenated alkanes) is 3. The molecule has 0 aliphatic rings. The molecule has 0 radical (unpaired) electrons. The van der Waals surface area contributed by atoms with Gasteiger partial charge in [-0.1, -0.05) is 0 Å². The molecule has 0 aromatic carbocycles. The maximum Gasteiger partial charge on any atom is 0.314 e. The minimum absolute atomic E-state index is 0.806. The number of rotatable bonds is 7. The third-order valence-corrected chi connectivity index (χ3v) is 2.51. The summed E-state index contributed by atoms with van der Waals surface area (Å²) < 4.78 is 1.04. The first-order valence-corrected chi connectivity index (χ1v) is 6.99. The molecule has 0 fully saturated rings. The van der Waals surface area contributed by atoms with Gasteiger partial charge in [0.1, 0.15) is 6.42 Å². The second-order valence-corrected chi connectivity index (χ2v) is 6.18. The van der Waals surface area contributed by atoms with Gasteiger partial charge in [0, 0.05) is 0 Å². The van der Waals surface area contributed by atoms with E-state index in [9.17, 15) is 9.59 Å². The van der Waals surface area contributed by atoms with Crippen LogP contribution in [-0.4, -0.2) is 50.1 Å². The van der Waals surface area contributed by atoms with E-state index in [1.807, 2.05) is 0 Å². The molecule has 0 aliphatic heterocycles. The van der Waals surface area contributed by atoms with Gasteiger partial charge >= 0.3 is 89.0 Å². The Hall–Kier alpha value is -0.0600. The Kier molecular flexibility index (Phi) is 14.9. The number of aliphatic carboxylic acids is 2. The molecule has 5 heteroatoms. The molecule has 0 saturated heterocycles. The standard InChI is InChI=1S/C8H17.C3H4O4.Na/c1-3-5-7-8-6-4-2;4-2(5)1-3(6)7;/h3H,4-8H2,1-2H3;1H2,(H,4,5)(H,6,7);. The number of carbonyl (C=O) groups is 2. The van der Waals surface area contributed by atoms with Crippen LogP contribution in [0.15, 0.2) is 0 Å². The second-order valence-electron chi connectivity index (χ2n) is 4.21. The normalized spacial score (nSPS) is 11.2. The van der Waals surface area contributed by atoms with Crippen molar-refractivity contribution in [3.05, 3.63) is 0 Å². The molecule has 90 valence electrons. The Bertz CT molecular complexity index is 180. The fourth-order valence-corrected chi connectivity index (χ4v) is 1.52. The first-order chi connectivity index (χ1) is 7.40. The average molecular weight is 240 g/mol. The van der Waals surface area contributed by atoms with Crippen LogP contribution in [-0.2, 0) is 9.59 Å². The third-order valence-electron chi connectivity index (χ3n) is 1.94. The summed E-state index contributed by atoms with van der Waals surface area (Å²) in [5.41, 5.74) is 0. The predicted molar refractivity (Wildman–Crippen MR) is 63.8 cm³/mol. The maximum atomic E-state index is 9.43. The van der Waals surface area contributed by atoms with Gasteiger partial charge in [0.15, 0.2) is 0 Å². The molecule has 2 N–H and O–H groups in total. The Morgan fingerprint density at radius 3 is 1.88 bits per heavy atom. The van der Waals surface area contributed by atoms with Gasteiger partial charge in [-0.3, -0.25) is 9.59 Å². The predicted octanol–water partition coefficient (Wildman–Crippen LogP) is 2.48. The van der Waals surface area contributed by atoms with Crippen LogP contribution >= 0.6 is 0 Å². The van der Waals surface area contributed by atoms with Gasteiger partial charge < -0.3 is 10.2 Å². The summed E-state index contributed by atoms with van der Waals surface area (Å²) in [6.45, 7) is 4.63. The molecule has 0 spiro atoms. The maximum absolute atomic E-state index is 9.43. The Morgan fingerprint density at radius 2 is 1.62 bits per heavy atom. The molecule has 0 bridgehead atoms. The molecule has 1 atom stereocenters. The molecular weight excluding hydrogens is 219 g/mol. The van der Waals surface area contributed by atoms with Gasteiger partial charge in [-0.25, -0.2) is 0 Å². The van der Waals surface area contributed by atoms with E-state index in [1.165, 1.54) is 60.0 Å². The first kappa shape index (κ1) is 18.3. The van der Waals surface area contributed by atoms with Gasteiger partial charge in [0.05, 0.1) is 0 Å². The third kappa shape index (κ3) is 23.6. The van der Waals surface area contributed by atoms with Crippen LogP contribution in [0.25, 0.3) is 0 Å². The van der Waals surface area contributed by atoms with E-state index in [1.54, 1.807) is 0 Å². The number of hydrogen-bond donors (Lipinski definition) is 2. The first-order valence-electron chi connectivity index (χ1n) is 5.83. The zero-order chi connectivity index (χ0) is 13.0. The van der Waals surface area contributed by atoms with Crippen molar-refractivity contribution in [3.8, 4) is 0 Å². The van der Waals surface area contributed by atoms with E-state index in [-0.39, 0.29) is 0 Å². The summed E-state index contributed by atoms with van der Waals surface area (Å²) in [5.74, 6) is -2.62. The fourth-order valence-electron chi connectivity index (χ4n) is 1.11. The van der Waals surface area contributed by atoms with Crippen molar-refractivity contribution in [1.29, 1.82) is 0 Å². The summed E-state index contributed by atoms with van der Waals surface area (Å²) in [6, 6.07) is 0. The summed E-state index contributed by atoms with van der Waals surface area (Å²) >= 11 is 1.39. The number of carboxylic acid groups (broad SMARTS) is 2. The molecule has 0 saturated carbocycles. The molecule has 0 amide bonds. The van der Waals surface area contributed by atoms with Crippen LogP contribution in [0.2, 0.25) is 3.17 Å². The Morgan fingerprint density at radius 1 is 1.12 bits per heavy atom. The van der Waals surface area contributed by atoms with Crippen molar-refractivity contribution in [2.45, 2.75) is 55.5 Å². The molecule has 0 aromatic heterocycles. The number of hydrogen-bond acceptors (Lipinski definition) is 2. The zero-order valence-electron chi connectivity index (χ0n) is 10.5. The van der Waals surface area contributed by atoms with Crippen molar-refractivity contribution in [2.24, 2.45) is 0 Å². The summed E-state index contributed by atoms with van der Waals surface area (Å²) in [4.78, 5) is 18.9. The minimum atomic E-state index is -1.31. The Balaban J connectivity index is 0. The van der Waals surface area contributed by atoms with Crippen LogP contribution in [0.5, 0.6) is 0 Å². The van der Waals surface area contributed by atoms with Crippen LogP contribution < -0.4 is 0 Å². The average Bonchev–Trinajstić information content (AvgIpc) is 2.11. The summed E-state index contributed by atoms with van der Waals surface area (Å²) in [7, 11) is 0. The molecule has 16 heavy (non-hydrogen) atoms. The topological polar surface area (TPSA) is 74.6 Å². The van der Waals surface area contributed by atoms with Crippen molar-refractivity contribution in [3.63, 3.8) is 0 Å². The molecular formula is C11H21NaO4. The van der Waals surface area contributed by atoms with Gasteiger partial charge in [-0.05, 0) is 0 Å². The van der Waals surface area contributed by atoms with Crippen LogP contribution in [0.3, 0.4) is 0 Å². The molecule has 0 rings (SSSR count). The van der Waals surface area contributed by atoms with E-state index >= 15 is 0 Å². The van der Waals surface area contributed by atoms with Crippen molar-refractivity contribution in [1.82, 2.24) is 0 Å². The number of carboxylic acids is 2. The van der Waals surface area contributed by atoms with Crippen LogP contribution in [0, 0.1) is 0 Å². The van der Waals surface area contributed by atoms with E-state index in [0.29, 0.717) is 0 Å². The van der Waals surface area contributed by atoms with Gasteiger partial charge in [-0.2, -0.15) is 0 Å². The van der Waals surface area contributed by atoms with Gasteiger partial charge in [-0.15, -0.1) is 0 Å². The SMILES string of the molecule is CCCCCC[CH](C)[Na].O=C(O)CC(=O)O. The van der Waals surface area contributed by atoms with E-state index in [0.717, 1.165) is 3.17 Å². The van der Waals surface area contributed by atoms with Crippen LogP contribution in [0.4, 0.5) is 0 Å². The summed E-state index contributed by atoms with van der Waals surface area (Å²) in [6.07, 6.45) is 6.41. The van der Waals surface area contributed by atoms with E-state index in [2.05, 4.69) is 13.8 Å². The minimum Gasteiger partial charge on any atom is -0.481 e. The van der Waals surface area contributed by atoms with Crippen molar-refractivity contribution in [2.75, 3.05) is 0 Å². The quantitative estimate of drug-likeness (QED) is 0.407. The molecule has 4 nitrogen and oxygen atoms in total. The van der Waals surface area contributed by atoms with Crippen molar-refractivity contribution >= 4 is 39.9 Å². The molecule has 0 heterocycles. The van der Waals surface area contributed by atoms with E-state index < -0.39 is 18.4 Å². The second kappa shape index (κ2) is 13.0. The molecule has 0 aromatic rings. The largest absolute Gasteiger partial charge is 0.481 e. The molecule has 1 unspecified atom stereocenters. The van der Waals surface area contributed by atoms with Crippen LogP contribution in [0.1, 0.15) is 52.4 Å². The van der Waals surface area contributed by atoms with Gasteiger partial charge in [0.2, 0.25) is 0 Å². The monoisotopic (exact) mass is 240 g/mol.